The average molecular weight is 471 g/mol. The number of carbonyl (C=O) groups excluding carboxylic acids is 1. The number of para-hydroxylation sites is 1. The van der Waals surface area contributed by atoms with Gasteiger partial charge in [0.2, 0.25) is 11.8 Å². The summed E-state index contributed by atoms with van der Waals surface area (Å²) in [4.78, 5) is 22.0. The highest BCUT2D eigenvalue weighted by Crippen LogP contribution is 2.43. The minimum atomic E-state index is -0.819. The summed E-state index contributed by atoms with van der Waals surface area (Å²) < 4.78 is 34.1. The van der Waals surface area contributed by atoms with E-state index in [0.717, 1.165) is 12.1 Å². The average Bonchev–Trinajstić information content (AvgIpc) is 3.14. The molecule has 2 aromatic carbocycles. The summed E-state index contributed by atoms with van der Waals surface area (Å²) in [5.41, 5.74) is 1.23. The standard InChI is InChI=1S/C21H13BrF2N4O2/c1-12(29)28(18-5-3-2-4-15(18)22)21-19(17-8-9-25-11-26-17)20(27-30-21)14-7-6-13(23)10-16(14)24/h2-11H,1H3. The van der Waals surface area contributed by atoms with E-state index in [9.17, 15) is 13.6 Å². The summed E-state index contributed by atoms with van der Waals surface area (Å²) in [5, 5.41) is 4.00. The van der Waals surface area contributed by atoms with Crippen molar-refractivity contribution in [3.63, 3.8) is 0 Å². The normalized spacial score (nSPS) is 10.8. The molecular weight excluding hydrogens is 458 g/mol. The van der Waals surface area contributed by atoms with Gasteiger partial charge in [0, 0.05) is 29.2 Å². The molecule has 0 fully saturated rings. The lowest BCUT2D eigenvalue weighted by Gasteiger charge is -2.20. The molecule has 30 heavy (non-hydrogen) atoms. The Morgan fingerprint density at radius 2 is 1.93 bits per heavy atom. The van der Waals surface area contributed by atoms with Gasteiger partial charge in [-0.05, 0) is 46.3 Å². The summed E-state index contributed by atoms with van der Waals surface area (Å²) in [6.07, 6.45) is 2.81. The highest BCUT2D eigenvalue weighted by Gasteiger charge is 2.30. The molecule has 4 aromatic rings. The summed E-state index contributed by atoms with van der Waals surface area (Å²) in [5.74, 6) is -1.85. The Kier molecular flexibility index (Phi) is 5.37. The predicted molar refractivity (Wildman–Crippen MR) is 110 cm³/mol. The number of rotatable bonds is 4. The van der Waals surface area contributed by atoms with Crippen molar-refractivity contribution in [3.05, 3.63) is 77.2 Å². The highest BCUT2D eigenvalue weighted by atomic mass is 79.9. The van der Waals surface area contributed by atoms with Crippen molar-refractivity contribution < 1.29 is 18.1 Å². The Morgan fingerprint density at radius 3 is 2.60 bits per heavy atom. The number of hydrogen-bond acceptors (Lipinski definition) is 5. The fourth-order valence-corrected chi connectivity index (χ4v) is 3.49. The molecule has 0 aliphatic heterocycles. The second-order valence-electron chi connectivity index (χ2n) is 6.24. The van der Waals surface area contributed by atoms with E-state index in [1.165, 1.54) is 30.4 Å². The van der Waals surface area contributed by atoms with Gasteiger partial charge in [0.25, 0.3) is 0 Å². The zero-order valence-corrected chi connectivity index (χ0v) is 17.1. The van der Waals surface area contributed by atoms with Crippen LogP contribution in [0.2, 0.25) is 0 Å². The lowest BCUT2D eigenvalue weighted by atomic mass is 10.0. The lowest BCUT2D eigenvalue weighted by Crippen LogP contribution is -2.23. The summed E-state index contributed by atoms with van der Waals surface area (Å²) >= 11 is 3.43. The van der Waals surface area contributed by atoms with Gasteiger partial charge in [-0.3, -0.25) is 4.79 Å². The van der Waals surface area contributed by atoms with Gasteiger partial charge in [-0.15, -0.1) is 0 Å². The van der Waals surface area contributed by atoms with E-state index in [-0.39, 0.29) is 28.6 Å². The Bertz CT molecular complexity index is 1230. The second kappa shape index (κ2) is 8.11. The molecule has 1 amide bonds. The fourth-order valence-electron chi connectivity index (χ4n) is 3.02. The molecule has 6 nitrogen and oxygen atoms in total. The minimum absolute atomic E-state index is 0.00985. The van der Waals surface area contributed by atoms with Gasteiger partial charge in [-0.25, -0.2) is 23.6 Å². The molecule has 2 aromatic heterocycles. The van der Waals surface area contributed by atoms with Crippen molar-refractivity contribution in [1.82, 2.24) is 15.1 Å². The molecule has 0 saturated heterocycles. The van der Waals surface area contributed by atoms with Gasteiger partial charge in [0.1, 0.15) is 23.7 Å². The molecule has 0 aliphatic rings. The van der Waals surface area contributed by atoms with Gasteiger partial charge in [-0.2, -0.15) is 0 Å². The van der Waals surface area contributed by atoms with Gasteiger partial charge in [-0.1, -0.05) is 17.3 Å². The predicted octanol–water partition coefficient (Wildman–Crippen LogP) is 5.52. The largest absolute Gasteiger partial charge is 0.336 e. The van der Waals surface area contributed by atoms with Crippen LogP contribution in [0.4, 0.5) is 20.4 Å². The number of nitrogens with zero attached hydrogens (tertiary/aromatic N) is 4. The highest BCUT2D eigenvalue weighted by molar-refractivity contribution is 9.10. The maximum absolute atomic E-state index is 14.5. The number of carbonyl (C=O) groups is 1. The molecule has 0 saturated carbocycles. The van der Waals surface area contributed by atoms with Gasteiger partial charge < -0.3 is 4.52 Å². The smallest absolute Gasteiger partial charge is 0.248 e. The maximum Gasteiger partial charge on any atom is 0.248 e. The van der Waals surface area contributed by atoms with Crippen molar-refractivity contribution >= 4 is 33.4 Å². The summed E-state index contributed by atoms with van der Waals surface area (Å²) in [6, 6.07) is 11.8. The maximum atomic E-state index is 14.5. The van der Waals surface area contributed by atoms with Crippen LogP contribution in [0.1, 0.15) is 6.92 Å². The van der Waals surface area contributed by atoms with Crippen LogP contribution < -0.4 is 4.90 Å². The quantitative estimate of drug-likeness (QED) is 0.392. The van der Waals surface area contributed by atoms with Crippen molar-refractivity contribution in [2.24, 2.45) is 0 Å². The van der Waals surface area contributed by atoms with Crippen LogP contribution in [0, 0.1) is 11.6 Å². The summed E-state index contributed by atoms with van der Waals surface area (Å²) in [7, 11) is 0. The van der Waals surface area contributed by atoms with Crippen molar-refractivity contribution in [1.29, 1.82) is 0 Å². The number of halogens is 3. The van der Waals surface area contributed by atoms with Crippen LogP contribution in [0.15, 0.2) is 70.1 Å². The van der Waals surface area contributed by atoms with Crippen LogP contribution in [0.25, 0.3) is 22.5 Å². The first-order chi connectivity index (χ1) is 14.5. The molecule has 0 atom stereocenters. The molecule has 0 N–H and O–H groups in total. The first-order valence-corrected chi connectivity index (χ1v) is 9.53. The van der Waals surface area contributed by atoms with Crippen molar-refractivity contribution in [2.75, 3.05) is 4.90 Å². The monoisotopic (exact) mass is 470 g/mol. The first-order valence-electron chi connectivity index (χ1n) is 8.74. The van der Waals surface area contributed by atoms with Crippen LogP contribution in [-0.2, 0) is 4.79 Å². The van der Waals surface area contributed by atoms with Crippen LogP contribution in [0.5, 0.6) is 0 Å². The van der Waals surface area contributed by atoms with Crippen LogP contribution >= 0.6 is 15.9 Å². The van der Waals surface area contributed by atoms with Crippen LogP contribution in [-0.4, -0.2) is 21.0 Å². The Labute approximate surface area is 178 Å². The van der Waals surface area contributed by atoms with E-state index < -0.39 is 11.6 Å². The molecule has 0 unspecified atom stereocenters. The molecule has 2 heterocycles. The molecular formula is C21H13BrF2N4O2. The molecule has 0 aliphatic carbocycles. The van der Waals surface area contributed by atoms with E-state index in [1.807, 2.05) is 0 Å². The summed E-state index contributed by atoms with van der Waals surface area (Å²) in [6.45, 7) is 1.36. The van der Waals surface area contributed by atoms with Crippen LogP contribution in [0.3, 0.4) is 0 Å². The third kappa shape index (κ3) is 3.59. The lowest BCUT2D eigenvalue weighted by molar-refractivity contribution is -0.116. The Morgan fingerprint density at radius 1 is 1.13 bits per heavy atom. The molecule has 0 bridgehead atoms. The van der Waals surface area contributed by atoms with Gasteiger partial charge in [0.15, 0.2) is 0 Å². The second-order valence-corrected chi connectivity index (χ2v) is 7.09. The minimum Gasteiger partial charge on any atom is -0.336 e. The number of amides is 1. The van der Waals surface area contributed by atoms with E-state index in [4.69, 9.17) is 4.52 Å². The zero-order chi connectivity index (χ0) is 21.3. The third-order valence-electron chi connectivity index (χ3n) is 4.31. The fraction of sp³-hybridized carbons (Fsp3) is 0.0476. The number of benzene rings is 2. The Hall–Kier alpha value is -3.46. The number of aromatic nitrogens is 3. The van der Waals surface area contributed by atoms with Gasteiger partial charge >= 0.3 is 0 Å². The van der Waals surface area contributed by atoms with Gasteiger partial charge in [0.05, 0.1) is 16.9 Å². The molecule has 150 valence electrons. The zero-order valence-electron chi connectivity index (χ0n) is 15.5. The van der Waals surface area contributed by atoms with E-state index in [2.05, 4.69) is 31.1 Å². The molecule has 4 rings (SSSR count). The van der Waals surface area contributed by atoms with Crippen molar-refractivity contribution in [2.45, 2.75) is 6.92 Å². The Balaban J connectivity index is 2.00. The molecule has 9 heteroatoms. The molecule has 0 radical (unpaired) electrons. The molecule has 0 spiro atoms. The van der Waals surface area contributed by atoms with E-state index in [1.54, 1.807) is 30.3 Å². The topological polar surface area (TPSA) is 72.1 Å². The third-order valence-corrected chi connectivity index (χ3v) is 4.98. The van der Waals surface area contributed by atoms with Crippen molar-refractivity contribution in [3.8, 4) is 22.5 Å². The van der Waals surface area contributed by atoms with E-state index >= 15 is 0 Å². The first kappa shape index (κ1) is 19.8. The SMILES string of the molecule is CC(=O)N(c1ccccc1Br)c1onc(-c2ccc(F)cc2F)c1-c1ccncn1. The number of hydrogen-bond donors (Lipinski definition) is 0. The number of anilines is 2. The van der Waals surface area contributed by atoms with E-state index in [0.29, 0.717) is 15.9 Å².